The molecule has 4 aromatic carbocycles. The minimum Gasteiger partial charge on any atom is -0.489 e. The number of carbonyl (C=O) groups excluding carboxylic acids is 7. The Morgan fingerprint density at radius 2 is 1.22 bits per heavy atom. The SMILES string of the molecule is CNC(C)C(=O)NC(C(=O)N1C[C@@H](NC(=O)c2ccc(COc3ccc(CN(NC(=O)C(C)NC)C(=O)[C@@H]4CCC[C@H]4C(=O)N[C@@H]4CCCc5ccccc54)cc3)cc2)CC1C(=O)N[C@@H]1CCCc2ccccc21)C(C)(C)C. The van der Waals surface area contributed by atoms with Gasteiger partial charge in [-0.2, -0.15) is 0 Å². The van der Waals surface area contributed by atoms with Crippen LogP contribution in [0.3, 0.4) is 0 Å². The number of hydrazine groups is 1. The van der Waals surface area contributed by atoms with Crippen LogP contribution in [0.4, 0.5) is 0 Å². The molecule has 0 radical (unpaired) electrons. The van der Waals surface area contributed by atoms with Crippen molar-refractivity contribution < 1.29 is 38.3 Å². The average Bonchev–Trinajstić information content (AvgIpc) is 4.12. The number of aryl methyl sites for hydroxylation is 2. The number of nitrogens with zero attached hydrogens (tertiary/aromatic N) is 2. The van der Waals surface area contributed by atoms with Crippen molar-refractivity contribution in [3.63, 3.8) is 0 Å². The van der Waals surface area contributed by atoms with E-state index in [1.54, 1.807) is 64.3 Å². The first-order valence-corrected chi connectivity index (χ1v) is 27.9. The summed E-state index contributed by atoms with van der Waals surface area (Å²) in [6, 6.07) is 26.7. The van der Waals surface area contributed by atoms with Crippen molar-refractivity contribution in [1.29, 1.82) is 0 Å². The highest BCUT2D eigenvalue weighted by Gasteiger charge is 2.46. The molecular formula is C61H79N9O8. The Kier molecular flexibility index (Phi) is 18.7. The van der Waals surface area contributed by atoms with Gasteiger partial charge in [-0.1, -0.05) is 100.0 Å². The van der Waals surface area contributed by atoms with Gasteiger partial charge in [0.2, 0.25) is 29.5 Å². The molecule has 0 aromatic heterocycles. The summed E-state index contributed by atoms with van der Waals surface area (Å²) in [5.41, 5.74) is 8.72. The number of benzene rings is 4. The zero-order valence-corrected chi connectivity index (χ0v) is 46.3. The fourth-order valence-corrected chi connectivity index (χ4v) is 11.4. The topological polar surface area (TPSA) is 219 Å². The monoisotopic (exact) mass is 1070 g/mol. The molecule has 0 bridgehead atoms. The van der Waals surface area contributed by atoms with E-state index in [4.69, 9.17) is 4.74 Å². The Bertz CT molecular complexity index is 2800. The Morgan fingerprint density at radius 1 is 0.654 bits per heavy atom. The quantitative estimate of drug-likeness (QED) is 0.0588. The number of carbonyl (C=O) groups is 7. The molecule has 4 aromatic rings. The van der Waals surface area contributed by atoms with Gasteiger partial charge in [0.05, 0.1) is 36.6 Å². The molecule has 78 heavy (non-hydrogen) atoms. The Labute approximate surface area is 459 Å². The largest absolute Gasteiger partial charge is 0.489 e. The average molecular weight is 1070 g/mol. The normalized spacial score (nSPS) is 21.9. The van der Waals surface area contributed by atoms with Crippen molar-refractivity contribution in [1.82, 2.24) is 47.2 Å². The number of likely N-dealkylation sites (N-methyl/N-ethyl adjacent to an activating group) is 2. The zero-order chi connectivity index (χ0) is 55.7. The molecule has 0 spiro atoms. The lowest BCUT2D eigenvalue weighted by Crippen LogP contribution is -2.59. The van der Waals surface area contributed by atoms with Gasteiger partial charge in [0, 0.05) is 24.1 Å². The molecule has 7 N–H and O–H groups in total. The highest BCUT2D eigenvalue weighted by Crippen LogP contribution is 2.37. The summed E-state index contributed by atoms with van der Waals surface area (Å²) in [4.78, 5) is 98.9. The van der Waals surface area contributed by atoms with Crippen LogP contribution in [0.2, 0.25) is 0 Å². The summed E-state index contributed by atoms with van der Waals surface area (Å²) in [5.74, 6) is -2.72. The minimum absolute atomic E-state index is 0.0768. The maximum absolute atomic E-state index is 14.6. The number of fused-ring (bicyclic) bond motifs is 2. The third-order valence-electron chi connectivity index (χ3n) is 16.2. The molecule has 1 saturated carbocycles. The first-order valence-electron chi connectivity index (χ1n) is 27.9. The molecule has 2 fully saturated rings. The Hall–Kier alpha value is -7.11. The molecule has 416 valence electrons. The number of hydrogen-bond acceptors (Lipinski definition) is 10. The Balaban J connectivity index is 0.886. The molecule has 17 nitrogen and oxygen atoms in total. The predicted molar refractivity (Wildman–Crippen MR) is 297 cm³/mol. The van der Waals surface area contributed by atoms with Crippen LogP contribution in [0, 0.1) is 17.3 Å². The van der Waals surface area contributed by atoms with E-state index in [1.165, 1.54) is 21.0 Å². The standard InChI is InChI=1S/C61H79N9O8/c1-37(62-6)54(71)67-53(61(3,4)5)60(77)69-35-44(33-52(69)58(75)66-51-24-13-18-42-16-9-11-20-47(42)51)64-56(73)43-29-25-40(26-30-43)36-78-45-31-27-39(28-32-45)34-70(68-55(72)38(2)63-7)59(76)49-22-14-21-48(49)57(74)65-50-23-12-17-41-15-8-10-19-46(41)50/h8-11,15-16,19-20,25-32,37-38,44,48-53,62-63H,12-14,17-18,21-24,33-36H2,1-7H3,(H,64,73)(H,65,74)(H,66,75)(H,67,71)(H,68,72)/t37?,38?,44-,48+,49+,50+,51+,52?,53?/m0/s1. The zero-order valence-electron chi connectivity index (χ0n) is 46.3. The molecule has 17 heteroatoms. The van der Waals surface area contributed by atoms with Gasteiger partial charge in [0.15, 0.2) is 0 Å². The molecule has 8 rings (SSSR count). The fraction of sp³-hybridized carbons (Fsp3) is 0.492. The number of likely N-dealkylation sites (tertiary alicyclic amines) is 1. The molecule has 1 saturated heterocycles. The fourth-order valence-electron chi connectivity index (χ4n) is 11.4. The number of ether oxygens (including phenoxy) is 1. The van der Waals surface area contributed by atoms with Crippen LogP contribution in [0.5, 0.6) is 5.75 Å². The van der Waals surface area contributed by atoms with E-state index in [-0.39, 0.29) is 73.6 Å². The highest BCUT2D eigenvalue weighted by atomic mass is 16.5. The van der Waals surface area contributed by atoms with Gasteiger partial charge in [-0.15, -0.1) is 0 Å². The maximum atomic E-state index is 14.6. The van der Waals surface area contributed by atoms with Crippen LogP contribution >= 0.6 is 0 Å². The highest BCUT2D eigenvalue weighted by molar-refractivity contribution is 5.96. The maximum Gasteiger partial charge on any atom is 0.255 e. The molecule has 3 aliphatic carbocycles. The van der Waals surface area contributed by atoms with Crippen molar-refractivity contribution >= 4 is 41.4 Å². The number of nitrogens with one attached hydrogen (secondary N) is 7. The van der Waals surface area contributed by atoms with Crippen LogP contribution in [0.15, 0.2) is 97.1 Å². The van der Waals surface area contributed by atoms with Crippen molar-refractivity contribution in [2.24, 2.45) is 17.3 Å². The number of hydrogen-bond donors (Lipinski definition) is 7. The van der Waals surface area contributed by atoms with E-state index < -0.39 is 53.4 Å². The smallest absolute Gasteiger partial charge is 0.255 e. The third-order valence-corrected chi connectivity index (χ3v) is 16.2. The second kappa shape index (κ2) is 25.6. The first kappa shape index (κ1) is 57.1. The van der Waals surface area contributed by atoms with Crippen LogP contribution < -0.4 is 42.1 Å². The molecule has 9 atom stereocenters. The summed E-state index contributed by atoms with van der Waals surface area (Å²) in [5, 5.41) is 19.7. The van der Waals surface area contributed by atoms with Crippen molar-refractivity contribution in [2.45, 2.75) is 154 Å². The van der Waals surface area contributed by atoms with Gasteiger partial charge in [0.1, 0.15) is 24.4 Å². The molecule has 4 aliphatic rings. The second-order valence-corrected chi connectivity index (χ2v) is 22.7. The molecule has 4 unspecified atom stereocenters. The lowest BCUT2D eigenvalue weighted by Gasteiger charge is -2.36. The van der Waals surface area contributed by atoms with Crippen molar-refractivity contribution in [2.75, 3.05) is 20.6 Å². The van der Waals surface area contributed by atoms with E-state index in [1.807, 2.05) is 63.2 Å². The second-order valence-electron chi connectivity index (χ2n) is 22.7. The van der Waals surface area contributed by atoms with Crippen molar-refractivity contribution in [3.8, 4) is 5.75 Å². The molecular weight excluding hydrogens is 987 g/mol. The number of rotatable bonds is 18. The summed E-state index contributed by atoms with van der Waals surface area (Å²) in [6.07, 6.45) is 7.47. The summed E-state index contributed by atoms with van der Waals surface area (Å²) in [6.45, 7) is 9.39. The minimum atomic E-state index is -0.941. The van der Waals surface area contributed by atoms with Gasteiger partial charge in [0.25, 0.3) is 11.8 Å². The van der Waals surface area contributed by atoms with E-state index in [2.05, 4.69) is 55.5 Å². The summed E-state index contributed by atoms with van der Waals surface area (Å²) in [7, 11) is 3.35. The molecule has 7 amide bonds. The Morgan fingerprint density at radius 3 is 1.82 bits per heavy atom. The van der Waals surface area contributed by atoms with Crippen molar-refractivity contribution in [3.05, 3.63) is 136 Å². The van der Waals surface area contributed by atoms with Gasteiger partial charge in [-0.25, -0.2) is 5.01 Å². The van der Waals surface area contributed by atoms with Gasteiger partial charge in [-0.3, -0.25) is 39.0 Å². The lowest BCUT2D eigenvalue weighted by molar-refractivity contribution is -0.148. The lowest BCUT2D eigenvalue weighted by atomic mass is 9.85. The summed E-state index contributed by atoms with van der Waals surface area (Å²) < 4.78 is 6.14. The van der Waals surface area contributed by atoms with Gasteiger partial charge in [-0.05, 0) is 149 Å². The first-order chi connectivity index (χ1) is 37.4. The van der Waals surface area contributed by atoms with E-state index in [0.717, 1.165) is 67.2 Å². The summed E-state index contributed by atoms with van der Waals surface area (Å²) >= 11 is 0. The van der Waals surface area contributed by atoms with E-state index in [9.17, 15) is 33.6 Å². The number of amides is 7. The van der Waals surface area contributed by atoms with Crippen LogP contribution in [0.25, 0.3) is 0 Å². The van der Waals surface area contributed by atoms with Crippen LogP contribution in [0.1, 0.15) is 142 Å². The van der Waals surface area contributed by atoms with Crippen LogP contribution in [-0.2, 0) is 54.8 Å². The van der Waals surface area contributed by atoms with E-state index in [0.29, 0.717) is 24.2 Å². The molecule has 1 aliphatic heterocycles. The van der Waals surface area contributed by atoms with E-state index >= 15 is 0 Å². The van der Waals surface area contributed by atoms with Gasteiger partial charge >= 0.3 is 0 Å². The third kappa shape index (κ3) is 13.8. The molecule has 1 heterocycles. The van der Waals surface area contributed by atoms with Gasteiger partial charge < -0.3 is 41.5 Å². The van der Waals surface area contributed by atoms with Crippen LogP contribution in [-0.4, -0.2) is 102 Å². The predicted octanol–water partition coefficient (Wildman–Crippen LogP) is 5.88.